The van der Waals surface area contributed by atoms with Crippen molar-refractivity contribution < 1.29 is 14.3 Å². The normalized spacial score (nSPS) is 23.6. The molecule has 2 aliphatic heterocycles. The van der Waals surface area contributed by atoms with Gasteiger partial charge in [0.15, 0.2) is 5.60 Å². The molecule has 8 nitrogen and oxygen atoms in total. The van der Waals surface area contributed by atoms with E-state index in [1.54, 1.807) is 52.6 Å². The molecular formula is C22H23N5O3S. The maximum atomic E-state index is 13.8. The van der Waals surface area contributed by atoms with Crippen molar-refractivity contribution in [1.82, 2.24) is 24.6 Å². The van der Waals surface area contributed by atoms with Gasteiger partial charge in [0, 0.05) is 51.2 Å². The molecule has 5 rings (SSSR count). The number of ether oxygens (including phenoxy) is 1. The standard InChI is InChI=1S/C22H23N5O3S/c1-25-7-4-19(24-25)20(28)27-13-18(17-3-2-6-23-11-17)22(15-27)21(29)26(8-9-30-22)12-16-5-10-31-14-16/h2-7,10-11,14,18H,8-9,12-13,15H2,1H3/t18-,22+/m1/s1. The maximum absolute atomic E-state index is 13.8. The molecule has 5 heterocycles. The highest BCUT2D eigenvalue weighted by Crippen LogP contribution is 2.42. The number of pyridine rings is 1. The SMILES string of the molecule is Cn1ccc(C(=O)N2C[C@H](c3cccnc3)[C@]3(C2)OCCN(Cc2ccsc2)C3=O)n1. The van der Waals surface area contributed by atoms with Gasteiger partial charge in [-0.2, -0.15) is 16.4 Å². The number of aryl methyl sites for hydroxylation is 1. The summed E-state index contributed by atoms with van der Waals surface area (Å²) in [6.45, 7) is 2.07. The van der Waals surface area contributed by atoms with Crippen molar-refractivity contribution in [3.05, 3.63) is 70.4 Å². The summed E-state index contributed by atoms with van der Waals surface area (Å²) in [6.07, 6.45) is 5.20. The van der Waals surface area contributed by atoms with Crippen LogP contribution >= 0.6 is 11.3 Å². The molecule has 0 unspecified atom stereocenters. The van der Waals surface area contributed by atoms with Crippen LogP contribution in [0.1, 0.15) is 27.5 Å². The van der Waals surface area contributed by atoms with Crippen LogP contribution in [-0.4, -0.2) is 68.2 Å². The minimum absolute atomic E-state index is 0.0740. The molecule has 2 atom stereocenters. The van der Waals surface area contributed by atoms with E-state index in [1.807, 2.05) is 28.5 Å². The molecule has 0 bridgehead atoms. The fraction of sp³-hybridized carbons (Fsp3) is 0.364. The van der Waals surface area contributed by atoms with Gasteiger partial charge < -0.3 is 14.5 Å². The zero-order valence-corrected chi connectivity index (χ0v) is 18.0. The largest absolute Gasteiger partial charge is 0.361 e. The van der Waals surface area contributed by atoms with Gasteiger partial charge in [0.2, 0.25) is 0 Å². The number of nitrogens with zero attached hydrogens (tertiary/aromatic N) is 5. The molecule has 31 heavy (non-hydrogen) atoms. The lowest BCUT2D eigenvalue weighted by molar-refractivity contribution is -0.172. The minimum Gasteiger partial charge on any atom is -0.361 e. The average Bonchev–Trinajstić information content (AvgIpc) is 3.53. The second-order valence-corrected chi connectivity index (χ2v) is 8.78. The molecular weight excluding hydrogens is 414 g/mol. The maximum Gasteiger partial charge on any atom is 0.274 e. The number of hydrogen-bond acceptors (Lipinski definition) is 6. The summed E-state index contributed by atoms with van der Waals surface area (Å²) in [5, 5.41) is 8.31. The highest BCUT2D eigenvalue weighted by atomic mass is 32.1. The van der Waals surface area contributed by atoms with Gasteiger partial charge in [-0.25, -0.2) is 0 Å². The number of carbonyl (C=O) groups is 2. The van der Waals surface area contributed by atoms with Crippen LogP contribution in [0, 0.1) is 0 Å². The molecule has 0 radical (unpaired) electrons. The summed E-state index contributed by atoms with van der Waals surface area (Å²) in [5.74, 6) is -0.570. The Kier molecular flexibility index (Phi) is 5.07. The van der Waals surface area contributed by atoms with Crippen molar-refractivity contribution in [2.45, 2.75) is 18.1 Å². The van der Waals surface area contributed by atoms with Crippen LogP contribution in [0.15, 0.2) is 53.6 Å². The summed E-state index contributed by atoms with van der Waals surface area (Å²) in [5.41, 5.74) is 1.24. The minimum atomic E-state index is -1.12. The van der Waals surface area contributed by atoms with E-state index in [0.717, 1.165) is 11.1 Å². The Hall–Kier alpha value is -3.04. The van der Waals surface area contributed by atoms with Crippen LogP contribution in [0.4, 0.5) is 0 Å². The number of carbonyl (C=O) groups excluding carboxylic acids is 2. The van der Waals surface area contributed by atoms with Crippen molar-refractivity contribution in [2.75, 3.05) is 26.2 Å². The molecule has 2 aliphatic rings. The van der Waals surface area contributed by atoms with Gasteiger partial charge in [-0.3, -0.25) is 19.3 Å². The van der Waals surface area contributed by atoms with E-state index in [2.05, 4.69) is 15.5 Å². The Morgan fingerprint density at radius 1 is 1.35 bits per heavy atom. The van der Waals surface area contributed by atoms with E-state index in [4.69, 9.17) is 4.74 Å². The number of aromatic nitrogens is 3. The van der Waals surface area contributed by atoms with Gasteiger partial charge in [0.1, 0.15) is 5.69 Å². The van der Waals surface area contributed by atoms with Gasteiger partial charge in [-0.05, 0) is 40.1 Å². The van der Waals surface area contributed by atoms with Crippen LogP contribution in [0.5, 0.6) is 0 Å². The molecule has 2 fully saturated rings. The second kappa shape index (κ2) is 7.90. The summed E-state index contributed by atoms with van der Waals surface area (Å²) < 4.78 is 7.84. The number of amides is 2. The van der Waals surface area contributed by atoms with Crippen molar-refractivity contribution >= 4 is 23.2 Å². The number of thiophene rings is 1. The third kappa shape index (κ3) is 3.53. The van der Waals surface area contributed by atoms with Crippen LogP contribution in [-0.2, 0) is 23.1 Å². The fourth-order valence-corrected chi connectivity index (χ4v) is 5.17. The van der Waals surface area contributed by atoms with Crippen molar-refractivity contribution in [3.8, 4) is 0 Å². The Bertz CT molecular complexity index is 1080. The highest BCUT2D eigenvalue weighted by Gasteiger charge is 2.58. The summed E-state index contributed by atoms with van der Waals surface area (Å²) in [6, 6.07) is 7.52. The molecule has 0 aliphatic carbocycles. The van der Waals surface area contributed by atoms with Crippen LogP contribution in [0.3, 0.4) is 0 Å². The lowest BCUT2D eigenvalue weighted by Crippen LogP contribution is -2.60. The van der Waals surface area contributed by atoms with E-state index >= 15 is 0 Å². The van der Waals surface area contributed by atoms with Gasteiger partial charge in [-0.1, -0.05) is 6.07 Å². The number of rotatable bonds is 4. The Morgan fingerprint density at radius 3 is 2.97 bits per heavy atom. The molecule has 0 saturated carbocycles. The van der Waals surface area contributed by atoms with E-state index in [0.29, 0.717) is 31.9 Å². The van der Waals surface area contributed by atoms with Gasteiger partial charge in [-0.15, -0.1) is 0 Å². The van der Waals surface area contributed by atoms with Gasteiger partial charge >= 0.3 is 0 Å². The first-order valence-corrected chi connectivity index (χ1v) is 11.1. The number of morpholine rings is 1. The van der Waals surface area contributed by atoms with Gasteiger partial charge in [0.05, 0.1) is 13.2 Å². The van der Waals surface area contributed by atoms with E-state index in [9.17, 15) is 9.59 Å². The Morgan fingerprint density at radius 2 is 2.26 bits per heavy atom. The van der Waals surface area contributed by atoms with Crippen LogP contribution < -0.4 is 0 Å². The molecule has 1 spiro atoms. The monoisotopic (exact) mass is 437 g/mol. The third-order valence-electron chi connectivity index (χ3n) is 6.02. The Balaban J connectivity index is 1.49. The smallest absolute Gasteiger partial charge is 0.274 e. The molecule has 160 valence electrons. The molecule has 9 heteroatoms. The molecule has 3 aromatic rings. The molecule has 2 saturated heterocycles. The second-order valence-electron chi connectivity index (χ2n) is 8.00. The molecule has 0 aromatic carbocycles. The predicted molar refractivity (Wildman–Crippen MR) is 115 cm³/mol. The first-order chi connectivity index (χ1) is 15.1. The first kappa shape index (κ1) is 19.9. The van der Waals surface area contributed by atoms with Crippen molar-refractivity contribution in [3.63, 3.8) is 0 Å². The summed E-state index contributed by atoms with van der Waals surface area (Å²) in [7, 11) is 1.77. The number of hydrogen-bond donors (Lipinski definition) is 0. The Labute approximate surface area is 184 Å². The third-order valence-corrected chi connectivity index (χ3v) is 6.75. The zero-order valence-electron chi connectivity index (χ0n) is 17.2. The summed E-state index contributed by atoms with van der Waals surface area (Å²) in [4.78, 5) is 34.7. The first-order valence-electron chi connectivity index (χ1n) is 10.2. The lowest BCUT2D eigenvalue weighted by Gasteiger charge is -2.42. The molecule has 3 aromatic heterocycles. The zero-order chi connectivity index (χ0) is 21.4. The van der Waals surface area contributed by atoms with E-state index in [-0.39, 0.29) is 24.3 Å². The van der Waals surface area contributed by atoms with Crippen LogP contribution in [0.2, 0.25) is 0 Å². The average molecular weight is 438 g/mol. The van der Waals surface area contributed by atoms with Crippen LogP contribution in [0.25, 0.3) is 0 Å². The predicted octanol–water partition coefficient (Wildman–Crippen LogP) is 1.91. The summed E-state index contributed by atoms with van der Waals surface area (Å²) >= 11 is 1.62. The topological polar surface area (TPSA) is 80.6 Å². The lowest BCUT2D eigenvalue weighted by atomic mass is 9.83. The van der Waals surface area contributed by atoms with E-state index < -0.39 is 5.60 Å². The number of likely N-dealkylation sites (tertiary alicyclic amines) is 1. The highest BCUT2D eigenvalue weighted by molar-refractivity contribution is 7.07. The van der Waals surface area contributed by atoms with E-state index in [1.165, 1.54) is 0 Å². The van der Waals surface area contributed by atoms with Gasteiger partial charge in [0.25, 0.3) is 11.8 Å². The van der Waals surface area contributed by atoms with Crippen molar-refractivity contribution in [2.24, 2.45) is 7.05 Å². The quantitative estimate of drug-likeness (QED) is 0.623. The fourth-order valence-electron chi connectivity index (χ4n) is 4.51. The molecule has 0 N–H and O–H groups in total. The van der Waals surface area contributed by atoms with Crippen molar-refractivity contribution in [1.29, 1.82) is 0 Å². The molecule has 2 amide bonds.